The first-order valence-electron chi connectivity index (χ1n) is 6.72. The van der Waals surface area contributed by atoms with Gasteiger partial charge in [0, 0.05) is 11.1 Å². The molecule has 0 atom stereocenters. The number of halogens is 1. The molecule has 0 radical (unpaired) electrons. The molecule has 0 spiro atoms. The number of imidazole rings is 1. The minimum Gasteiger partial charge on any atom is -0.332 e. The molecule has 0 saturated carbocycles. The van der Waals surface area contributed by atoms with E-state index in [0.717, 1.165) is 27.9 Å². The van der Waals surface area contributed by atoms with Crippen LogP contribution in [0.4, 0.5) is 0 Å². The number of hydrogen-bond acceptors (Lipinski definition) is 2. The summed E-state index contributed by atoms with van der Waals surface area (Å²) in [7, 11) is 0. The molecule has 0 amide bonds. The summed E-state index contributed by atoms with van der Waals surface area (Å²) in [5, 5.41) is 0.977. The van der Waals surface area contributed by atoms with Crippen molar-refractivity contribution >= 4 is 24.2 Å². The molecule has 1 aromatic heterocycles. The van der Waals surface area contributed by atoms with Crippen LogP contribution in [0, 0.1) is 0 Å². The number of thioether (sulfide) groups is 1. The summed E-state index contributed by atoms with van der Waals surface area (Å²) in [4.78, 5) is 8.20. The zero-order chi connectivity index (χ0) is 13.8. The van der Waals surface area contributed by atoms with Gasteiger partial charge >= 0.3 is 0 Å². The SMILES string of the molecule is CCSc1nc(-c2ccccc2)c(-c2ccccc2)[nH]1.Cl. The van der Waals surface area contributed by atoms with E-state index in [0.29, 0.717) is 0 Å². The molecule has 0 aliphatic rings. The maximum absolute atomic E-state index is 4.75. The van der Waals surface area contributed by atoms with E-state index in [1.807, 2.05) is 24.3 Å². The number of aromatic nitrogens is 2. The average Bonchev–Trinajstić information content (AvgIpc) is 2.93. The van der Waals surface area contributed by atoms with Gasteiger partial charge < -0.3 is 4.98 Å². The lowest BCUT2D eigenvalue weighted by molar-refractivity contribution is 1.06. The van der Waals surface area contributed by atoms with E-state index in [-0.39, 0.29) is 12.4 Å². The molecule has 0 aliphatic heterocycles. The molecule has 0 saturated heterocycles. The zero-order valence-corrected chi connectivity index (χ0v) is 13.4. The number of aromatic amines is 1. The number of nitrogens with zero attached hydrogens (tertiary/aromatic N) is 1. The van der Waals surface area contributed by atoms with Crippen LogP contribution in [0.1, 0.15) is 6.92 Å². The van der Waals surface area contributed by atoms with Crippen molar-refractivity contribution in [3.63, 3.8) is 0 Å². The quantitative estimate of drug-likeness (QED) is 0.663. The van der Waals surface area contributed by atoms with Gasteiger partial charge in [0.05, 0.1) is 11.4 Å². The van der Waals surface area contributed by atoms with Crippen molar-refractivity contribution < 1.29 is 0 Å². The van der Waals surface area contributed by atoms with Crippen LogP contribution in [0.3, 0.4) is 0 Å². The summed E-state index contributed by atoms with van der Waals surface area (Å²) in [6.45, 7) is 2.14. The molecule has 21 heavy (non-hydrogen) atoms. The third-order valence-corrected chi connectivity index (χ3v) is 3.83. The number of rotatable bonds is 4. The smallest absolute Gasteiger partial charge is 0.166 e. The van der Waals surface area contributed by atoms with Gasteiger partial charge in [0.2, 0.25) is 0 Å². The molecule has 0 aliphatic carbocycles. The van der Waals surface area contributed by atoms with Gasteiger partial charge in [-0.3, -0.25) is 0 Å². The first-order chi connectivity index (χ1) is 9.88. The fourth-order valence-electron chi connectivity index (χ4n) is 2.18. The fourth-order valence-corrected chi connectivity index (χ4v) is 2.78. The highest BCUT2D eigenvalue weighted by Gasteiger charge is 2.13. The van der Waals surface area contributed by atoms with E-state index in [2.05, 4.69) is 48.3 Å². The minimum absolute atomic E-state index is 0. The minimum atomic E-state index is 0. The molecule has 1 N–H and O–H groups in total. The van der Waals surface area contributed by atoms with E-state index >= 15 is 0 Å². The van der Waals surface area contributed by atoms with Crippen molar-refractivity contribution in [2.24, 2.45) is 0 Å². The van der Waals surface area contributed by atoms with Crippen LogP contribution in [-0.2, 0) is 0 Å². The molecule has 0 fully saturated rings. The van der Waals surface area contributed by atoms with E-state index in [1.165, 1.54) is 5.56 Å². The van der Waals surface area contributed by atoms with Gasteiger partial charge in [-0.05, 0) is 5.75 Å². The van der Waals surface area contributed by atoms with Crippen LogP contribution in [0.2, 0.25) is 0 Å². The summed E-state index contributed by atoms with van der Waals surface area (Å²) < 4.78 is 0. The Kier molecular flexibility index (Phi) is 5.48. The summed E-state index contributed by atoms with van der Waals surface area (Å²) in [5.74, 6) is 1.01. The Bertz CT molecular complexity index is 624. The van der Waals surface area contributed by atoms with Crippen molar-refractivity contribution in [1.29, 1.82) is 0 Å². The Morgan fingerprint density at radius 3 is 2.05 bits per heavy atom. The Hall–Kier alpha value is -1.71. The summed E-state index contributed by atoms with van der Waals surface area (Å²) >= 11 is 1.73. The molecule has 0 unspecified atom stereocenters. The van der Waals surface area contributed by atoms with Crippen LogP contribution in [0.25, 0.3) is 22.5 Å². The Labute approximate surface area is 135 Å². The summed E-state index contributed by atoms with van der Waals surface area (Å²) in [6, 6.07) is 20.7. The second kappa shape index (κ2) is 7.34. The zero-order valence-electron chi connectivity index (χ0n) is 11.7. The molecule has 108 valence electrons. The van der Waals surface area contributed by atoms with Crippen LogP contribution in [-0.4, -0.2) is 15.7 Å². The Morgan fingerprint density at radius 1 is 0.905 bits per heavy atom. The van der Waals surface area contributed by atoms with E-state index in [9.17, 15) is 0 Å². The van der Waals surface area contributed by atoms with Gasteiger partial charge in [0.1, 0.15) is 0 Å². The van der Waals surface area contributed by atoms with Crippen LogP contribution < -0.4 is 0 Å². The second-order valence-electron chi connectivity index (χ2n) is 4.43. The maximum atomic E-state index is 4.75. The van der Waals surface area contributed by atoms with Gasteiger partial charge in [-0.15, -0.1) is 12.4 Å². The van der Waals surface area contributed by atoms with Crippen LogP contribution in [0.15, 0.2) is 65.8 Å². The number of benzene rings is 2. The lowest BCUT2D eigenvalue weighted by atomic mass is 10.1. The predicted molar refractivity (Wildman–Crippen MR) is 93.1 cm³/mol. The average molecular weight is 317 g/mol. The number of H-pyrrole nitrogens is 1. The van der Waals surface area contributed by atoms with Gasteiger partial charge in [-0.2, -0.15) is 0 Å². The van der Waals surface area contributed by atoms with Gasteiger partial charge in [0.25, 0.3) is 0 Å². The molecule has 2 aromatic carbocycles. The molecule has 3 rings (SSSR count). The Balaban J connectivity index is 0.00000161. The molecule has 2 nitrogen and oxygen atoms in total. The second-order valence-corrected chi connectivity index (χ2v) is 5.68. The first-order valence-corrected chi connectivity index (χ1v) is 7.70. The lowest BCUT2D eigenvalue weighted by Crippen LogP contribution is -1.82. The molecule has 1 heterocycles. The van der Waals surface area contributed by atoms with E-state index < -0.39 is 0 Å². The first kappa shape index (κ1) is 15.7. The third kappa shape index (κ3) is 3.49. The normalized spacial score (nSPS) is 10.1. The highest BCUT2D eigenvalue weighted by molar-refractivity contribution is 7.99. The van der Waals surface area contributed by atoms with Crippen molar-refractivity contribution in [2.75, 3.05) is 5.75 Å². The summed E-state index contributed by atoms with van der Waals surface area (Å²) in [6.07, 6.45) is 0. The standard InChI is InChI=1S/C17H16N2S.ClH/c1-2-20-17-18-15(13-9-5-3-6-10-13)16(19-17)14-11-7-4-8-12-14;/h3-12H,2H2,1H3,(H,18,19);1H. The summed E-state index contributed by atoms with van der Waals surface area (Å²) in [5.41, 5.74) is 4.42. The van der Waals surface area contributed by atoms with Crippen LogP contribution >= 0.6 is 24.2 Å². The predicted octanol–water partition coefficient (Wildman–Crippen LogP) is 5.28. The lowest BCUT2D eigenvalue weighted by Gasteiger charge is -2.02. The van der Waals surface area contributed by atoms with Gasteiger partial charge in [0.15, 0.2) is 5.16 Å². The largest absolute Gasteiger partial charge is 0.332 e. The van der Waals surface area contributed by atoms with Gasteiger partial charge in [-0.25, -0.2) is 4.98 Å². The number of hydrogen-bond donors (Lipinski definition) is 1. The van der Waals surface area contributed by atoms with Gasteiger partial charge in [-0.1, -0.05) is 79.3 Å². The molecule has 4 heteroatoms. The Morgan fingerprint density at radius 2 is 1.48 bits per heavy atom. The maximum Gasteiger partial charge on any atom is 0.166 e. The third-order valence-electron chi connectivity index (χ3n) is 3.07. The molecule has 0 bridgehead atoms. The monoisotopic (exact) mass is 316 g/mol. The topological polar surface area (TPSA) is 28.7 Å². The van der Waals surface area contributed by atoms with Crippen molar-refractivity contribution in [2.45, 2.75) is 12.1 Å². The number of nitrogens with one attached hydrogen (secondary N) is 1. The highest BCUT2D eigenvalue weighted by atomic mass is 35.5. The fraction of sp³-hybridized carbons (Fsp3) is 0.118. The molecule has 3 aromatic rings. The van der Waals surface area contributed by atoms with E-state index in [1.54, 1.807) is 11.8 Å². The molecular formula is C17H17ClN2S. The molecular weight excluding hydrogens is 300 g/mol. The van der Waals surface area contributed by atoms with E-state index in [4.69, 9.17) is 4.98 Å². The highest BCUT2D eigenvalue weighted by Crippen LogP contribution is 2.32. The van der Waals surface area contributed by atoms with Crippen molar-refractivity contribution in [3.05, 3.63) is 60.7 Å². The van der Waals surface area contributed by atoms with Crippen molar-refractivity contribution in [3.8, 4) is 22.5 Å². The van der Waals surface area contributed by atoms with Crippen LogP contribution in [0.5, 0.6) is 0 Å². The van der Waals surface area contributed by atoms with Crippen molar-refractivity contribution in [1.82, 2.24) is 9.97 Å².